The van der Waals surface area contributed by atoms with Crippen LogP contribution in [-0.2, 0) is 9.59 Å². The highest BCUT2D eigenvalue weighted by Crippen LogP contribution is 2.42. The van der Waals surface area contributed by atoms with Gasteiger partial charge in [-0.3, -0.25) is 14.5 Å². The van der Waals surface area contributed by atoms with Crippen LogP contribution < -0.4 is 9.64 Å². The second kappa shape index (κ2) is 8.07. The van der Waals surface area contributed by atoms with Crippen molar-refractivity contribution in [2.75, 3.05) is 12.0 Å². The number of Topliss-reactive ketones (excluding diaryl/α,β-unsaturated/α-hetero) is 1. The van der Waals surface area contributed by atoms with Crippen LogP contribution in [0.5, 0.6) is 5.75 Å². The van der Waals surface area contributed by atoms with Gasteiger partial charge in [0.1, 0.15) is 17.3 Å². The second-order valence-corrected chi connectivity index (χ2v) is 7.24. The number of hydrogen-bond acceptors (Lipinski definition) is 4. The fourth-order valence-corrected chi connectivity index (χ4v) is 3.83. The van der Waals surface area contributed by atoms with E-state index in [1.54, 1.807) is 49.4 Å². The van der Waals surface area contributed by atoms with Gasteiger partial charge in [-0.2, -0.15) is 0 Å². The first kappa shape index (κ1) is 20.3. The summed E-state index contributed by atoms with van der Waals surface area (Å²) in [4.78, 5) is 27.4. The summed E-state index contributed by atoms with van der Waals surface area (Å²) in [6, 6.07) is 18.5. The van der Waals surface area contributed by atoms with Gasteiger partial charge in [0.25, 0.3) is 11.7 Å². The normalized spacial score (nSPS) is 17.8. The summed E-state index contributed by atoms with van der Waals surface area (Å²) in [5.41, 5.74) is 2.12. The number of aryl methyl sites for hydroxylation is 1. The number of carbonyl (C=O) groups is 2. The van der Waals surface area contributed by atoms with E-state index in [1.165, 1.54) is 36.3 Å². The first-order chi connectivity index (χ1) is 14.9. The topological polar surface area (TPSA) is 66.8 Å². The Bertz CT molecular complexity index is 1190. The highest BCUT2D eigenvalue weighted by molar-refractivity contribution is 6.51. The van der Waals surface area contributed by atoms with Gasteiger partial charge >= 0.3 is 0 Å². The summed E-state index contributed by atoms with van der Waals surface area (Å²) in [6.07, 6.45) is 0. The molecule has 0 saturated carbocycles. The van der Waals surface area contributed by atoms with E-state index < -0.39 is 23.5 Å². The van der Waals surface area contributed by atoms with Gasteiger partial charge in [0.2, 0.25) is 0 Å². The maximum Gasteiger partial charge on any atom is 0.300 e. The van der Waals surface area contributed by atoms with Crippen molar-refractivity contribution in [3.8, 4) is 5.75 Å². The van der Waals surface area contributed by atoms with Crippen molar-refractivity contribution in [1.29, 1.82) is 0 Å². The molecule has 1 saturated heterocycles. The van der Waals surface area contributed by atoms with Gasteiger partial charge in [0.05, 0.1) is 18.7 Å². The average molecular weight is 417 g/mol. The maximum atomic E-state index is 13.5. The largest absolute Gasteiger partial charge is 0.507 e. The Morgan fingerprint density at radius 3 is 2.29 bits per heavy atom. The van der Waals surface area contributed by atoms with Crippen LogP contribution in [0.2, 0.25) is 0 Å². The Hall–Kier alpha value is -3.93. The summed E-state index contributed by atoms with van der Waals surface area (Å²) in [5.74, 6) is -1.69. The quantitative estimate of drug-likeness (QED) is 0.377. The Morgan fingerprint density at radius 2 is 1.68 bits per heavy atom. The monoisotopic (exact) mass is 417 g/mol. The average Bonchev–Trinajstić information content (AvgIpc) is 3.05. The van der Waals surface area contributed by atoms with E-state index in [-0.39, 0.29) is 11.3 Å². The Balaban J connectivity index is 1.93. The highest BCUT2D eigenvalue weighted by Gasteiger charge is 2.47. The van der Waals surface area contributed by atoms with Crippen LogP contribution >= 0.6 is 0 Å². The molecule has 3 aromatic rings. The summed E-state index contributed by atoms with van der Waals surface area (Å²) in [6.45, 7) is 1.78. The van der Waals surface area contributed by atoms with Crippen molar-refractivity contribution < 1.29 is 23.8 Å². The SMILES string of the molecule is COc1ccc(/C(O)=C2/C(=O)C(=O)N(c3ccc(F)cc3)C2c2ccccc2)c(C)c1. The lowest BCUT2D eigenvalue weighted by Gasteiger charge is -2.25. The number of rotatable bonds is 4. The Kier molecular flexibility index (Phi) is 5.29. The number of halogens is 1. The lowest BCUT2D eigenvalue weighted by Crippen LogP contribution is -2.29. The number of hydrogen-bond donors (Lipinski definition) is 1. The van der Waals surface area contributed by atoms with Gasteiger partial charge in [0.15, 0.2) is 0 Å². The fraction of sp³-hybridized carbons (Fsp3) is 0.120. The molecule has 1 amide bonds. The molecule has 4 rings (SSSR count). The number of benzene rings is 3. The third kappa shape index (κ3) is 3.57. The van der Waals surface area contributed by atoms with Crippen LogP contribution in [0.4, 0.5) is 10.1 Å². The van der Waals surface area contributed by atoms with E-state index in [9.17, 15) is 19.1 Å². The van der Waals surface area contributed by atoms with E-state index in [4.69, 9.17) is 4.74 Å². The van der Waals surface area contributed by atoms with E-state index in [2.05, 4.69) is 0 Å². The molecule has 1 heterocycles. The summed E-state index contributed by atoms with van der Waals surface area (Å²) in [5, 5.41) is 11.2. The van der Waals surface area contributed by atoms with Crippen molar-refractivity contribution in [2.24, 2.45) is 0 Å². The third-order valence-electron chi connectivity index (χ3n) is 5.35. The van der Waals surface area contributed by atoms with Crippen LogP contribution in [0.25, 0.3) is 5.76 Å². The molecule has 31 heavy (non-hydrogen) atoms. The van der Waals surface area contributed by atoms with Gasteiger partial charge in [-0.05, 0) is 60.5 Å². The predicted octanol–water partition coefficient (Wildman–Crippen LogP) is 4.77. The predicted molar refractivity (Wildman–Crippen MR) is 115 cm³/mol. The number of aliphatic hydroxyl groups is 1. The minimum Gasteiger partial charge on any atom is -0.507 e. The Morgan fingerprint density at radius 1 is 1.00 bits per heavy atom. The molecule has 156 valence electrons. The lowest BCUT2D eigenvalue weighted by molar-refractivity contribution is -0.132. The van der Waals surface area contributed by atoms with Crippen LogP contribution in [0.1, 0.15) is 22.7 Å². The molecule has 0 aromatic heterocycles. The zero-order chi connectivity index (χ0) is 22.1. The molecule has 1 N–H and O–H groups in total. The highest BCUT2D eigenvalue weighted by atomic mass is 19.1. The van der Waals surface area contributed by atoms with E-state index in [0.29, 0.717) is 28.1 Å². The second-order valence-electron chi connectivity index (χ2n) is 7.24. The van der Waals surface area contributed by atoms with Crippen molar-refractivity contribution in [3.63, 3.8) is 0 Å². The van der Waals surface area contributed by atoms with Crippen molar-refractivity contribution in [2.45, 2.75) is 13.0 Å². The van der Waals surface area contributed by atoms with Crippen molar-refractivity contribution in [1.82, 2.24) is 0 Å². The molecule has 1 fully saturated rings. The molecule has 1 aliphatic heterocycles. The minimum absolute atomic E-state index is 0.0196. The van der Waals surface area contributed by atoms with Crippen molar-refractivity contribution in [3.05, 3.63) is 101 Å². The molecule has 1 unspecified atom stereocenters. The van der Waals surface area contributed by atoms with Gasteiger partial charge < -0.3 is 9.84 Å². The first-order valence-corrected chi connectivity index (χ1v) is 9.69. The fourth-order valence-electron chi connectivity index (χ4n) is 3.83. The summed E-state index contributed by atoms with van der Waals surface area (Å²) >= 11 is 0. The molecule has 5 nitrogen and oxygen atoms in total. The third-order valence-corrected chi connectivity index (χ3v) is 5.35. The Labute approximate surface area is 179 Å². The number of amides is 1. The number of nitrogens with zero attached hydrogens (tertiary/aromatic N) is 1. The summed E-state index contributed by atoms with van der Waals surface area (Å²) in [7, 11) is 1.54. The maximum absolute atomic E-state index is 13.5. The molecule has 0 spiro atoms. The smallest absolute Gasteiger partial charge is 0.300 e. The number of ketones is 1. The molecular formula is C25H20FNO4. The number of ether oxygens (including phenoxy) is 1. The zero-order valence-electron chi connectivity index (χ0n) is 17.0. The van der Waals surface area contributed by atoms with Crippen molar-refractivity contribution >= 4 is 23.1 Å². The number of aliphatic hydroxyl groups excluding tert-OH is 1. The number of carbonyl (C=O) groups excluding carboxylic acids is 2. The van der Waals surface area contributed by atoms with Crippen LogP contribution in [0.3, 0.4) is 0 Å². The first-order valence-electron chi connectivity index (χ1n) is 9.69. The van der Waals surface area contributed by atoms with Gasteiger partial charge in [-0.25, -0.2) is 4.39 Å². The molecule has 1 atom stereocenters. The van der Waals surface area contributed by atoms with Gasteiger partial charge in [0, 0.05) is 11.3 Å². The van der Waals surface area contributed by atoms with Crippen LogP contribution in [-0.4, -0.2) is 23.9 Å². The van der Waals surface area contributed by atoms with Gasteiger partial charge in [-0.1, -0.05) is 30.3 Å². The zero-order valence-corrected chi connectivity index (χ0v) is 17.0. The molecule has 0 bridgehead atoms. The molecule has 3 aromatic carbocycles. The van der Waals surface area contributed by atoms with E-state index in [0.717, 1.165) is 0 Å². The van der Waals surface area contributed by atoms with Crippen LogP contribution in [0.15, 0.2) is 78.4 Å². The molecule has 1 aliphatic rings. The number of anilines is 1. The minimum atomic E-state index is -0.854. The van der Waals surface area contributed by atoms with Gasteiger partial charge in [-0.15, -0.1) is 0 Å². The van der Waals surface area contributed by atoms with E-state index in [1.807, 2.05) is 6.07 Å². The van der Waals surface area contributed by atoms with Crippen LogP contribution in [0, 0.1) is 12.7 Å². The van der Waals surface area contributed by atoms with E-state index >= 15 is 0 Å². The molecule has 6 heteroatoms. The summed E-state index contributed by atoms with van der Waals surface area (Å²) < 4.78 is 18.7. The molecule has 0 radical (unpaired) electrons. The standard InChI is InChI=1S/C25H20FNO4/c1-15-14-19(31-2)12-13-20(15)23(28)21-22(16-6-4-3-5-7-16)27(25(30)24(21)29)18-10-8-17(26)9-11-18/h3-14,22,28H,1-2H3/b23-21-. The number of methoxy groups -OCH3 is 1. The molecule has 0 aliphatic carbocycles. The lowest BCUT2D eigenvalue weighted by atomic mass is 9.94. The molecular weight excluding hydrogens is 397 g/mol.